The number of carbonyl (C=O) groups excluding carboxylic acids is 1. The van der Waals surface area contributed by atoms with Gasteiger partial charge in [0.05, 0.1) is 0 Å². The zero-order chi connectivity index (χ0) is 13.9. The molecule has 0 saturated carbocycles. The molecule has 0 aromatic rings. The van der Waals surface area contributed by atoms with Gasteiger partial charge in [0, 0.05) is 37.7 Å². The Labute approximate surface area is 114 Å². The molecule has 0 aliphatic carbocycles. The first-order chi connectivity index (χ1) is 8.32. The monoisotopic (exact) mass is 250 g/mol. The van der Waals surface area contributed by atoms with Crippen molar-refractivity contribution in [2.75, 3.05) is 26.2 Å². The molecule has 18 heavy (non-hydrogen) atoms. The first-order valence-electron chi connectivity index (χ1n) is 7.36. The Morgan fingerprint density at radius 2 is 1.72 bits per heavy atom. The van der Waals surface area contributed by atoms with Crippen LogP contribution in [0, 0.1) is 0 Å². The van der Waals surface area contributed by atoms with Gasteiger partial charge in [-0.3, -0.25) is 14.6 Å². The molecule has 0 radical (unpaired) electrons. The van der Waals surface area contributed by atoms with Gasteiger partial charge in [-0.25, -0.2) is 0 Å². The van der Waals surface area contributed by atoms with Gasteiger partial charge in [0.25, 0.3) is 0 Å². The van der Waals surface area contributed by atoms with Crippen molar-refractivity contribution in [3.05, 3.63) is 0 Å². The minimum atomic E-state index is -0.267. The fourth-order valence-corrected chi connectivity index (χ4v) is 2.91. The summed E-state index contributed by atoms with van der Waals surface area (Å²) in [6.45, 7) is 15.0. The third-order valence-electron chi connectivity index (χ3n) is 4.49. The third-order valence-corrected chi connectivity index (χ3v) is 4.49. The summed E-state index contributed by atoms with van der Waals surface area (Å²) in [5, 5.41) is 0. The summed E-state index contributed by atoms with van der Waals surface area (Å²) in [6, 6.07) is 0.612. The molecule has 1 heterocycles. The van der Waals surface area contributed by atoms with Crippen LogP contribution in [0.4, 0.5) is 0 Å². The molecule has 1 fully saturated rings. The number of carbonyl (C=O) groups is 1. The molecule has 0 N–H and O–H groups in total. The normalized spacial score (nSPS) is 23.7. The molecular formula is C13H28B2N2O. The minimum absolute atomic E-state index is 0.123. The van der Waals surface area contributed by atoms with Gasteiger partial charge in [0.15, 0.2) is 7.28 Å². The van der Waals surface area contributed by atoms with Crippen molar-refractivity contribution in [2.45, 2.75) is 51.8 Å². The van der Waals surface area contributed by atoms with Crippen LogP contribution in [0.25, 0.3) is 0 Å². The van der Waals surface area contributed by atoms with Crippen molar-refractivity contribution in [3.63, 3.8) is 0 Å². The van der Waals surface area contributed by atoms with Crippen molar-refractivity contribution in [3.8, 4) is 0 Å². The molecule has 0 spiro atoms. The van der Waals surface area contributed by atoms with E-state index < -0.39 is 0 Å². The van der Waals surface area contributed by atoms with E-state index in [0.29, 0.717) is 11.8 Å². The molecule has 3 nitrogen and oxygen atoms in total. The van der Waals surface area contributed by atoms with E-state index in [1.165, 1.54) is 0 Å². The van der Waals surface area contributed by atoms with E-state index in [2.05, 4.69) is 37.4 Å². The molecule has 1 aliphatic heterocycles. The van der Waals surface area contributed by atoms with Crippen LogP contribution in [-0.4, -0.2) is 68.4 Å². The Morgan fingerprint density at radius 3 is 2.06 bits per heavy atom. The largest absolute Gasteiger partial charge is 0.299 e. The number of hydrogen-bond acceptors (Lipinski definition) is 3. The van der Waals surface area contributed by atoms with E-state index >= 15 is 0 Å². The Balaban J connectivity index is 2.71. The molecular weight excluding hydrogens is 222 g/mol. The van der Waals surface area contributed by atoms with Gasteiger partial charge in [-0.1, -0.05) is 13.7 Å². The smallest absolute Gasteiger partial charge is 0.152 e. The molecule has 0 aromatic carbocycles. The maximum atomic E-state index is 12.5. The number of nitrogens with zero attached hydrogens (tertiary/aromatic N) is 2. The lowest BCUT2D eigenvalue weighted by molar-refractivity contribution is -0.126. The highest BCUT2D eigenvalue weighted by atomic mass is 16.1. The standard InChI is InChI=1S/C13H28B2N2O/c1-10(2)16-6-8-17(9-7-16)13(4,15-5)12(18)11(3)14/h10-11,15H,6-9,14H2,1-5H3. The van der Waals surface area contributed by atoms with Gasteiger partial charge < -0.3 is 0 Å². The predicted molar refractivity (Wildman–Crippen MR) is 82.7 cm³/mol. The van der Waals surface area contributed by atoms with Gasteiger partial charge in [-0.2, -0.15) is 0 Å². The zero-order valence-electron chi connectivity index (χ0n) is 13.0. The van der Waals surface area contributed by atoms with Crippen LogP contribution >= 0.6 is 0 Å². The van der Waals surface area contributed by atoms with Crippen molar-refractivity contribution in [1.29, 1.82) is 0 Å². The highest BCUT2D eigenvalue weighted by Gasteiger charge is 2.40. The van der Waals surface area contributed by atoms with E-state index in [9.17, 15) is 4.79 Å². The third kappa shape index (κ3) is 3.18. The summed E-state index contributed by atoms with van der Waals surface area (Å²) < 4.78 is 0. The summed E-state index contributed by atoms with van der Waals surface area (Å²) in [5.74, 6) is 0.515. The number of piperazine rings is 1. The molecule has 1 aliphatic rings. The average molecular weight is 250 g/mol. The Hall–Kier alpha value is -0.280. The molecule has 5 heteroatoms. The van der Waals surface area contributed by atoms with E-state index in [1.807, 2.05) is 14.8 Å². The summed E-state index contributed by atoms with van der Waals surface area (Å²) in [7, 11) is 2.92. The molecule has 0 aromatic heterocycles. The number of rotatable bonds is 5. The molecule has 102 valence electrons. The lowest BCUT2D eigenvalue weighted by atomic mass is 9.54. The second kappa shape index (κ2) is 6.25. The molecule has 1 rings (SSSR count). The van der Waals surface area contributed by atoms with Crippen molar-refractivity contribution in [2.24, 2.45) is 0 Å². The van der Waals surface area contributed by atoms with Crippen molar-refractivity contribution < 1.29 is 4.79 Å². The van der Waals surface area contributed by atoms with Crippen molar-refractivity contribution in [1.82, 2.24) is 9.80 Å². The van der Waals surface area contributed by atoms with Crippen LogP contribution in [0.2, 0.25) is 12.6 Å². The lowest BCUT2D eigenvalue weighted by Gasteiger charge is -2.46. The fourth-order valence-electron chi connectivity index (χ4n) is 2.91. The highest BCUT2D eigenvalue weighted by molar-refractivity contribution is 6.48. The van der Waals surface area contributed by atoms with Gasteiger partial charge in [0.1, 0.15) is 13.6 Å². The van der Waals surface area contributed by atoms with Crippen LogP contribution in [0.5, 0.6) is 0 Å². The molecule has 0 amide bonds. The van der Waals surface area contributed by atoms with Crippen LogP contribution in [0.3, 0.4) is 0 Å². The second-order valence-corrected chi connectivity index (χ2v) is 6.26. The van der Waals surface area contributed by atoms with Crippen LogP contribution in [0.15, 0.2) is 0 Å². The van der Waals surface area contributed by atoms with Gasteiger partial charge in [0.2, 0.25) is 0 Å². The maximum absolute atomic E-state index is 12.5. The molecule has 0 bridgehead atoms. The Morgan fingerprint density at radius 1 is 1.22 bits per heavy atom. The van der Waals surface area contributed by atoms with E-state index in [0.717, 1.165) is 33.5 Å². The number of Topliss-reactive ketones (excluding diaryl/α,β-unsaturated/α-hetero) is 1. The van der Waals surface area contributed by atoms with E-state index in [1.54, 1.807) is 0 Å². The first kappa shape index (κ1) is 15.8. The van der Waals surface area contributed by atoms with Gasteiger partial charge >= 0.3 is 0 Å². The Bertz CT molecular complexity index is 289. The second-order valence-electron chi connectivity index (χ2n) is 6.26. The van der Waals surface area contributed by atoms with Crippen LogP contribution in [-0.2, 0) is 4.79 Å². The predicted octanol–water partition coefficient (Wildman–Crippen LogP) is 0.224. The number of ketones is 1. The molecule has 2 unspecified atom stereocenters. The maximum Gasteiger partial charge on any atom is 0.152 e. The summed E-state index contributed by atoms with van der Waals surface area (Å²) in [4.78, 5) is 17.3. The fraction of sp³-hybridized carbons (Fsp3) is 0.923. The first-order valence-corrected chi connectivity index (χ1v) is 7.36. The molecule has 1 saturated heterocycles. The summed E-state index contributed by atoms with van der Waals surface area (Å²) >= 11 is 0. The van der Waals surface area contributed by atoms with Gasteiger partial charge in [-0.15, -0.1) is 0 Å². The number of hydrogen-bond donors (Lipinski definition) is 0. The minimum Gasteiger partial charge on any atom is -0.299 e. The SMILES string of the molecule is BC(C)C(=O)C(C)(BC)N1CCN(C(C)C)CC1. The lowest BCUT2D eigenvalue weighted by Crippen LogP contribution is -2.62. The van der Waals surface area contributed by atoms with Crippen LogP contribution in [0.1, 0.15) is 27.7 Å². The Kier molecular flexibility index (Phi) is 5.47. The summed E-state index contributed by atoms with van der Waals surface area (Å²) in [6.07, 6.45) is 0. The zero-order valence-corrected chi connectivity index (χ0v) is 13.0. The van der Waals surface area contributed by atoms with Gasteiger partial charge in [-0.05, 0) is 26.6 Å². The van der Waals surface area contributed by atoms with Crippen molar-refractivity contribution >= 4 is 20.9 Å². The molecule has 2 atom stereocenters. The summed E-state index contributed by atoms with van der Waals surface area (Å²) in [5.41, 5.74) is -0.267. The van der Waals surface area contributed by atoms with Crippen LogP contribution < -0.4 is 0 Å². The topological polar surface area (TPSA) is 23.6 Å². The van der Waals surface area contributed by atoms with E-state index in [4.69, 9.17) is 0 Å². The highest BCUT2D eigenvalue weighted by Crippen LogP contribution is 2.23. The quantitative estimate of drug-likeness (QED) is 0.652. The average Bonchev–Trinajstić information content (AvgIpc) is 2.36. The van der Waals surface area contributed by atoms with E-state index in [-0.39, 0.29) is 11.3 Å².